The maximum absolute atomic E-state index is 12.3. The highest BCUT2D eigenvalue weighted by molar-refractivity contribution is 6.09. The van der Waals surface area contributed by atoms with Gasteiger partial charge in [-0.3, -0.25) is 9.59 Å². The van der Waals surface area contributed by atoms with Crippen LogP contribution in [0.15, 0.2) is 48.5 Å². The molecule has 0 saturated carbocycles. The van der Waals surface area contributed by atoms with Gasteiger partial charge in [0, 0.05) is 5.56 Å². The fraction of sp³-hybridized carbons (Fsp3) is 0.167. The van der Waals surface area contributed by atoms with Gasteiger partial charge in [-0.1, -0.05) is 29.8 Å². The van der Waals surface area contributed by atoms with Gasteiger partial charge < -0.3 is 20.5 Å². The number of benzene rings is 2. The highest BCUT2D eigenvalue weighted by Gasteiger charge is 2.16. The summed E-state index contributed by atoms with van der Waals surface area (Å²) in [6.45, 7) is 3.22. The molecule has 0 aliphatic heterocycles. The molecule has 0 aromatic heterocycles. The number of anilines is 1. The van der Waals surface area contributed by atoms with Crippen molar-refractivity contribution in [3.63, 3.8) is 0 Å². The summed E-state index contributed by atoms with van der Waals surface area (Å²) in [4.78, 5) is 35.2. The predicted molar refractivity (Wildman–Crippen MR) is 87.5 cm³/mol. The summed E-state index contributed by atoms with van der Waals surface area (Å²) in [6.07, 6.45) is 0. The summed E-state index contributed by atoms with van der Waals surface area (Å²) < 4.78 is 0. The Bertz CT molecular complexity index is 769. The van der Waals surface area contributed by atoms with Crippen molar-refractivity contribution in [3.8, 4) is 0 Å². The monoisotopic (exact) mass is 325 g/mol. The van der Waals surface area contributed by atoms with E-state index in [1.807, 2.05) is 19.1 Å². The molecule has 0 aliphatic rings. The number of nitrogens with one attached hydrogen (secondary N) is 2. The number of aryl methyl sites for hydroxylation is 1. The number of carboxylic acid groups (broad SMARTS) is 1. The Morgan fingerprint density at radius 3 is 2.21 bits per heavy atom. The fourth-order valence-electron chi connectivity index (χ4n) is 2.02. The first-order valence-corrected chi connectivity index (χ1v) is 7.37. The van der Waals surface area contributed by atoms with Gasteiger partial charge in [0.2, 0.25) is 0 Å². The predicted octanol–water partition coefficient (Wildman–Crippen LogP) is 1.12. The van der Waals surface area contributed by atoms with Crippen LogP contribution < -0.4 is 15.7 Å². The van der Waals surface area contributed by atoms with Gasteiger partial charge in [0.05, 0.1) is 23.3 Å². The maximum Gasteiger partial charge on any atom is 0.255 e. The number of hydrogen-bond donors (Lipinski definition) is 2. The fourth-order valence-corrected chi connectivity index (χ4v) is 2.02. The van der Waals surface area contributed by atoms with E-state index in [1.165, 1.54) is 13.0 Å². The molecule has 0 radical (unpaired) electrons. The molecule has 2 aromatic rings. The van der Waals surface area contributed by atoms with E-state index >= 15 is 0 Å². The van der Waals surface area contributed by atoms with Crippen LogP contribution in [0.1, 0.15) is 33.2 Å². The molecule has 0 unspecified atom stereocenters. The van der Waals surface area contributed by atoms with Gasteiger partial charge in [-0.25, -0.2) is 0 Å². The van der Waals surface area contributed by atoms with Gasteiger partial charge in [-0.2, -0.15) is 0 Å². The van der Waals surface area contributed by atoms with Crippen molar-refractivity contribution < 1.29 is 19.5 Å². The SMILES string of the molecule is Cc1ccc(C(=O)Nc2ccccc2C(=O)N[C@@H](C)C(=O)[O-])cc1. The molecule has 1 atom stereocenters. The average molecular weight is 325 g/mol. The summed E-state index contributed by atoms with van der Waals surface area (Å²) >= 11 is 0. The minimum absolute atomic E-state index is 0.172. The lowest BCUT2D eigenvalue weighted by atomic mass is 10.1. The molecule has 124 valence electrons. The third-order valence-corrected chi connectivity index (χ3v) is 3.43. The van der Waals surface area contributed by atoms with Crippen molar-refractivity contribution >= 4 is 23.5 Å². The van der Waals surface area contributed by atoms with E-state index in [0.29, 0.717) is 11.3 Å². The van der Waals surface area contributed by atoms with Gasteiger partial charge in [0.1, 0.15) is 0 Å². The van der Waals surface area contributed by atoms with Crippen LogP contribution >= 0.6 is 0 Å². The Kier molecular flexibility index (Phi) is 5.31. The number of carbonyl (C=O) groups excluding carboxylic acids is 3. The van der Waals surface area contributed by atoms with Gasteiger partial charge in [0.15, 0.2) is 0 Å². The lowest BCUT2D eigenvalue weighted by Crippen LogP contribution is -2.46. The van der Waals surface area contributed by atoms with Crippen molar-refractivity contribution in [2.75, 3.05) is 5.32 Å². The molecule has 2 aromatic carbocycles. The Balaban J connectivity index is 2.19. The minimum atomic E-state index is -1.38. The zero-order valence-corrected chi connectivity index (χ0v) is 13.3. The molecule has 0 spiro atoms. The number of carbonyl (C=O) groups is 3. The molecule has 0 aliphatic carbocycles. The zero-order chi connectivity index (χ0) is 17.7. The number of aliphatic carboxylic acids is 1. The molecule has 0 bridgehead atoms. The second kappa shape index (κ2) is 7.41. The molecule has 6 heteroatoms. The van der Waals surface area contributed by atoms with Crippen LogP contribution in [0.25, 0.3) is 0 Å². The highest BCUT2D eigenvalue weighted by atomic mass is 16.4. The third kappa shape index (κ3) is 4.19. The van der Waals surface area contributed by atoms with Crippen molar-refractivity contribution in [1.82, 2.24) is 5.32 Å². The van der Waals surface area contributed by atoms with Gasteiger partial charge in [-0.15, -0.1) is 0 Å². The van der Waals surface area contributed by atoms with Crippen molar-refractivity contribution in [2.45, 2.75) is 19.9 Å². The lowest BCUT2D eigenvalue weighted by molar-refractivity contribution is -0.307. The van der Waals surface area contributed by atoms with Crippen LogP contribution in [0.3, 0.4) is 0 Å². The lowest BCUT2D eigenvalue weighted by Gasteiger charge is -2.16. The molecule has 0 fully saturated rings. The zero-order valence-electron chi connectivity index (χ0n) is 13.3. The molecule has 6 nitrogen and oxygen atoms in total. The molecule has 2 rings (SSSR count). The standard InChI is InChI=1S/C18H18N2O4/c1-11-7-9-13(10-8-11)16(21)20-15-6-4-3-5-14(15)17(22)19-12(2)18(23)24/h3-10,12H,1-2H3,(H,19,22)(H,20,21)(H,23,24)/p-1/t12-/m0/s1. The number of carboxylic acids is 1. The second-order valence-electron chi connectivity index (χ2n) is 5.38. The largest absolute Gasteiger partial charge is 0.548 e. The van der Waals surface area contributed by atoms with Crippen molar-refractivity contribution in [2.24, 2.45) is 0 Å². The molecular formula is C18H17N2O4-. The van der Waals surface area contributed by atoms with Crippen LogP contribution in [0, 0.1) is 6.92 Å². The first-order valence-electron chi connectivity index (χ1n) is 7.37. The number of rotatable bonds is 5. The summed E-state index contributed by atoms with van der Waals surface area (Å²) in [5.74, 6) is -2.35. The number of hydrogen-bond acceptors (Lipinski definition) is 4. The van der Waals surface area contributed by atoms with Crippen LogP contribution in [0.5, 0.6) is 0 Å². The molecule has 2 N–H and O–H groups in total. The smallest absolute Gasteiger partial charge is 0.255 e. The van der Waals surface area contributed by atoms with Gasteiger partial charge in [-0.05, 0) is 38.1 Å². The Hall–Kier alpha value is -3.15. The van der Waals surface area contributed by atoms with Crippen LogP contribution in [0.2, 0.25) is 0 Å². The van der Waals surface area contributed by atoms with E-state index in [4.69, 9.17) is 0 Å². The van der Waals surface area contributed by atoms with Gasteiger partial charge >= 0.3 is 0 Å². The molecule has 2 amide bonds. The average Bonchev–Trinajstić information content (AvgIpc) is 2.55. The molecular weight excluding hydrogens is 308 g/mol. The van der Waals surface area contributed by atoms with E-state index < -0.39 is 17.9 Å². The normalized spacial score (nSPS) is 11.4. The Morgan fingerprint density at radius 2 is 1.58 bits per heavy atom. The number of amides is 2. The first kappa shape index (κ1) is 17.2. The summed E-state index contributed by atoms with van der Waals surface area (Å²) in [7, 11) is 0. The van der Waals surface area contributed by atoms with Crippen LogP contribution in [0.4, 0.5) is 5.69 Å². The maximum atomic E-state index is 12.3. The first-order chi connectivity index (χ1) is 11.4. The molecule has 0 heterocycles. The minimum Gasteiger partial charge on any atom is -0.548 e. The molecule has 24 heavy (non-hydrogen) atoms. The van der Waals surface area contributed by atoms with Crippen molar-refractivity contribution in [1.29, 1.82) is 0 Å². The quantitative estimate of drug-likeness (QED) is 0.860. The van der Waals surface area contributed by atoms with E-state index in [-0.39, 0.29) is 11.5 Å². The number of para-hydroxylation sites is 1. The van der Waals surface area contributed by atoms with E-state index in [9.17, 15) is 19.5 Å². The van der Waals surface area contributed by atoms with E-state index in [2.05, 4.69) is 10.6 Å². The highest BCUT2D eigenvalue weighted by Crippen LogP contribution is 2.16. The Labute approximate surface area is 139 Å². The summed E-state index contributed by atoms with van der Waals surface area (Å²) in [5, 5.41) is 15.7. The Morgan fingerprint density at radius 1 is 0.958 bits per heavy atom. The van der Waals surface area contributed by atoms with Crippen LogP contribution in [-0.4, -0.2) is 23.8 Å². The summed E-state index contributed by atoms with van der Waals surface area (Å²) in [6, 6.07) is 12.2. The second-order valence-corrected chi connectivity index (χ2v) is 5.38. The summed E-state index contributed by atoms with van der Waals surface area (Å²) in [5.41, 5.74) is 1.96. The van der Waals surface area contributed by atoms with Crippen LogP contribution in [-0.2, 0) is 4.79 Å². The third-order valence-electron chi connectivity index (χ3n) is 3.43. The van der Waals surface area contributed by atoms with E-state index in [1.54, 1.807) is 30.3 Å². The van der Waals surface area contributed by atoms with E-state index in [0.717, 1.165) is 5.56 Å². The molecule has 0 saturated heterocycles. The van der Waals surface area contributed by atoms with Gasteiger partial charge in [0.25, 0.3) is 11.8 Å². The van der Waals surface area contributed by atoms with Crippen molar-refractivity contribution in [3.05, 3.63) is 65.2 Å². The topological polar surface area (TPSA) is 98.3 Å².